The molecule has 0 bridgehead atoms. The molecule has 3 aliphatic rings. The van der Waals surface area contributed by atoms with Crippen LogP contribution in [0.4, 0.5) is 0 Å². The fraction of sp³-hybridized carbons (Fsp3) is 0.842. The zero-order valence-corrected chi connectivity index (χ0v) is 16.9. The molecule has 2 heterocycles. The van der Waals surface area contributed by atoms with Crippen LogP contribution in [0.2, 0.25) is 0 Å². The zero-order valence-electron chi connectivity index (χ0n) is 16.1. The van der Waals surface area contributed by atoms with Gasteiger partial charge in [-0.15, -0.1) is 12.4 Å². The summed E-state index contributed by atoms with van der Waals surface area (Å²) in [6.45, 7) is 1.55. The highest BCUT2D eigenvalue weighted by atomic mass is 35.5. The van der Waals surface area contributed by atoms with Gasteiger partial charge in [-0.2, -0.15) is 0 Å². The Hall–Kier alpha value is -1.34. The monoisotopic (exact) mass is 401 g/mol. The summed E-state index contributed by atoms with van der Waals surface area (Å²) in [5.74, 6) is -0.935. The van der Waals surface area contributed by atoms with Crippen LogP contribution in [0.1, 0.15) is 57.8 Å². The molecule has 0 aromatic carbocycles. The van der Waals surface area contributed by atoms with Gasteiger partial charge in [-0.25, -0.2) is 4.79 Å². The molecule has 8 heteroatoms. The predicted octanol–water partition coefficient (Wildman–Crippen LogP) is 1.29. The van der Waals surface area contributed by atoms with Gasteiger partial charge < -0.3 is 20.7 Å². The number of hydrogen-bond donors (Lipinski definition) is 3. The van der Waals surface area contributed by atoms with Gasteiger partial charge in [-0.3, -0.25) is 9.59 Å². The molecule has 3 atom stereocenters. The van der Waals surface area contributed by atoms with Gasteiger partial charge in [-0.1, -0.05) is 19.3 Å². The summed E-state index contributed by atoms with van der Waals surface area (Å²) in [6, 6.07) is -1.04. The third kappa shape index (κ3) is 5.35. The van der Waals surface area contributed by atoms with Crippen LogP contribution in [-0.2, 0) is 19.1 Å². The number of esters is 1. The normalized spacial score (nSPS) is 28.0. The van der Waals surface area contributed by atoms with Crippen molar-refractivity contribution >= 4 is 30.2 Å². The summed E-state index contributed by atoms with van der Waals surface area (Å²) in [4.78, 5) is 36.9. The van der Waals surface area contributed by atoms with Crippen molar-refractivity contribution in [1.82, 2.24) is 16.0 Å². The lowest BCUT2D eigenvalue weighted by Crippen LogP contribution is -2.50. The fourth-order valence-electron chi connectivity index (χ4n) is 4.76. The number of methoxy groups -OCH3 is 1. The molecule has 0 aromatic rings. The van der Waals surface area contributed by atoms with Gasteiger partial charge in [0.15, 0.2) is 0 Å². The molecule has 3 fully saturated rings. The Bertz CT molecular complexity index is 551. The average Bonchev–Trinajstić information content (AvgIpc) is 3.06. The Morgan fingerprint density at radius 2 is 2.00 bits per heavy atom. The third-order valence-electron chi connectivity index (χ3n) is 6.31. The van der Waals surface area contributed by atoms with E-state index in [1.54, 1.807) is 0 Å². The lowest BCUT2D eigenvalue weighted by atomic mass is 9.72. The number of rotatable bonds is 5. The highest BCUT2D eigenvalue weighted by molar-refractivity contribution is 5.88. The van der Waals surface area contributed by atoms with E-state index in [1.165, 1.54) is 39.2 Å². The quantitative estimate of drug-likeness (QED) is 0.603. The van der Waals surface area contributed by atoms with Crippen LogP contribution in [0, 0.1) is 11.3 Å². The minimum Gasteiger partial charge on any atom is -0.467 e. The van der Waals surface area contributed by atoms with E-state index in [4.69, 9.17) is 4.74 Å². The number of ether oxygens (including phenoxy) is 1. The van der Waals surface area contributed by atoms with E-state index in [0.717, 1.165) is 25.8 Å². The SMILES string of the molecule is COC(=O)[C@H](C[C@@H]1CCCNC1=O)NC(=O)C1CC2(CCCCC2)CN1.Cl. The van der Waals surface area contributed by atoms with Gasteiger partial charge in [0.05, 0.1) is 13.2 Å². The van der Waals surface area contributed by atoms with E-state index in [-0.39, 0.29) is 41.6 Å². The first-order chi connectivity index (χ1) is 12.5. The fourth-order valence-corrected chi connectivity index (χ4v) is 4.76. The smallest absolute Gasteiger partial charge is 0.328 e. The Morgan fingerprint density at radius 3 is 2.67 bits per heavy atom. The van der Waals surface area contributed by atoms with Crippen LogP contribution in [0.15, 0.2) is 0 Å². The molecular formula is C19H32ClN3O4. The largest absolute Gasteiger partial charge is 0.467 e. The maximum atomic E-state index is 12.7. The van der Waals surface area contributed by atoms with E-state index in [2.05, 4.69) is 16.0 Å². The van der Waals surface area contributed by atoms with E-state index in [9.17, 15) is 14.4 Å². The van der Waals surface area contributed by atoms with Crippen molar-refractivity contribution in [3.63, 3.8) is 0 Å². The maximum absolute atomic E-state index is 12.7. The van der Waals surface area contributed by atoms with Crippen LogP contribution < -0.4 is 16.0 Å². The lowest BCUT2D eigenvalue weighted by Gasteiger charge is -2.32. The molecule has 1 aliphatic carbocycles. The van der Waals surface area contributed by atoms with Gasteiger partial charge >= 0.3 is 5.97 Å². The molecule has 2 saturated heterocycles. The molecule has 1 saturated carbocycles. The van der Waals surface area contributed by atoms with Crippen molar-refractivity contribution in [3.8, 4) is 0 Å². The van der Waals surface area contributed by atoms with Gasteiger partial charge in [0.2, 0.25) is 11.8 Å². The van der Waals surface area contributed by atoms with Crippen molar-refractivity contribution in [2.45, 2.75) is 69.9 Å². The van der Waals surface area contributed by atoms with Gasteiger partial charge in [0, 0.05) is 19.0 Å². The molecule has 3 rings (SSSR count). The molecular weight excluding hydrogens is 370 g/mol. The molecule has 7 nitrogen and oxygen atoms in total. The molecule has 2 aliphatic heterocycles. The van der Waals surface area contributed by atoms with E-state index < -0.39 is 12.0 Å². The highest BCUT2D eigenvalue weighted by Gasteiger charge is 2.43. The van der Waals surface area contributed by atoms with Crippen molar-refractivity contribution in [2.75, 3.05) is 20.2 Å². The number of carbonyl (C=O) groups excluding carboxylic acids is 3. The summed E-state index contributed by atoms with van der Waals surface area (Å²) in [5, 5.41) is 9.02. The van der Waals surface area contributed by atoms with E-state index in [0.29, 0.717) is 13.0 Å². The summed E-state index contributed by atoms with van der Waals surface area (Å²) in [5.41, 5.74) is 0.240. The number of halogens is 1. The molecule has 154 valence electrons. The van der Waals surface area contributed by atoms with Crippen LogP contribution in [0.3, 0.4) is 0 Å². The van der Waals surface area contributed by atoms with Crippen LogP contribution in [-0.4, -0.2) is 50.1 Å². The number of carbonyl (C=O) groups is 3. The first-order valence-corrected chi connectivity index (χ1v) is 9.92. The highest BCUT2D eigenvalue weighted by Crippen LogP contribution is 2.42. The number of nitrogens with one attached hydrogen (secondary N) is 3. The number of hydrogen-bond acceptors (Lipinski definition) is 5. The second-order valence-electron chi connectivity index (χ2n) is 8.15. The number of piperidine rings is 1. The average molecular weight is 402 g/mol. The first-order valence-electron chi connectivity index (χ1n) is 9.92. The predicted molar refractivity (Wildman–Crippen MR) is 103 cm³/mol. The minimum absolute atomic E-state index is 0. The maximum Gasteiger partial charge on any atom is 0.328 e. The third-order valence-corrected chi connectivity index (χ3v) is 6.31. The Balaban J connectivity index is 0.00000261. The van der Waals surface area contributed by atoms with Crippen LogP contribution in [0.25, 0.3) is 0 Å². The molecule has 0 radical (unpaired) electrons. The first kappa shape index (κ1) is 22.0. The summed E-state index contributed by atoms with van der Waals surface area (Å²) >= 11 is 0. The second kappa shape index (κ2) is 9.73. The summed E-state index contributed by atoms with van der Waals surface area (Å²) in [7, 11) is 1.31. The van der Waals surface area contributed by atoms with Gasteiger partial charge in [-0.05, 0) is 43.9 Å². The van der Waals surface area contributed by atoms with E-state index >= 15 is 0 Å². The van der Waals surface area contributed by atoms with Crippen LogP contribution >= 0.6 is 12.4 Å². The summed E-state index contributed by atoms with van der Waals surface area (Å²) < 4.78 is 4.86. The molecule has 2 amide bonds. The van der Waals surface area contributed by atoms with Crippen molar-refractivity contribution in [1.29, 1.82) is 0 Å². The number of amides is 2. The lowest BCUT2D eigenvalue weighted by molar-refractivity contribution is -0.146. The Morgan fingerprint density at radius 1 is 1.26 bits per heavy atom. The standard InChI is InChI=1S/C19H31N3O4.ClH/c1-26-18(25)14(10-13-6-5-9-20-16(13)23)22-17(24)15-11-19(12-21-15)7-3-2-4-8-19;/h13-15,21H,2-12H2,1H3,(H,20,23)(H,22,24);1H/t13-,14-,15?;/m0./s1. The molecule has 3 N–H and O–H groups in total. The topological polar surface area (TPSA) is 96.5 Å². The van der Waals surface area contributed by atoms with Crippen molar-refractivity contribution in [3.05, 3.63) is 0 Å². The Kier molecular flexibility index (Phi) is 7.91. The molecule has 27 heavy (non-hydrogen) atoms. The minimum atomic E-state index is -0.772. The summed E-state index contributed by atoms with van der Waals surface area (Å²) in [6.07, 6.45) is 8.85. The second-order valence-corrected chi connectivity index (χ2v) is 8.15. The van der Waals surface area contributed by atoms with Gasteiger partial charge in [0.1, 0.15) is 6.04 Å². The van der Waals surface area contributed by atoms with Crippen molar-refractivity contribution < 1.29 is 19.1 Å². The van der Waals surface area contributed by atoms with E-state index in [1.807, 2.05) is 0 Å². The zero-order chi connectivity index (χ0) is 18.6. The van der Waals surface area contributed by atoms with Crippen molar-refractivity contribution in [2.24, 2.45) is 11.3 Å². The van der Waals surface area contributed by atoms with Gasteiger partial charge in [0.25, 0.3) is 0 Å². The van der Waals surface area contributed by atoms with Crippen LogP contribution in [0.5, 0.6) is 0 Å². The molecule has 1 spiro atoms. The molecule has 0 aromatic heterocycles. The molecule has 1 unspecified atom stereocenters. The Labute approximate surface area is 167 Å².